The topological polar surface area (TPSA) is 61.1 Å². The molecule has 0 amide bonds. The maximum Gasteiger partial charge on any atom is 0.324 e. The summed E-state index contributed by atoms with van der Waals surface area (Å²) in [6.07, 6.45) is 0.513. The van der Waals surface area contributed by atoms with Crippen LogP contribution >= 0.6 is 0 Å². The number of aliphatic carboxylic acids is 1. The summed E-state index contributed by atoms with van der Waals surface area (Å²) in [6, 6.07) is 1.80. The van der Waals surface area contributed by atoms with Gasteiger partial charge in [-0.3, -0.25) is 4.79 Å². The number of carboxylic acid groups (broad SMARTS) is 1. The number of carbonyl (C=O) groups is 1. The SMILES string of the molecule is CC1CC1(C#N)C(=O)O. The fourth-order valence-corrected chi connectivity index (χ4v) is 0.926. The molecule has 2 atom stereocenters. The molecule has 1 saturated carbocycles. The molecule has 3 nitrogen and oxygen atoms in total. The van der Waals surface area contributed by atoms with Crippen LogP contribution in [0.15, 0.2) is 0 Å². The van der Waals surface area contributed by atoms with Crippen molar-refractivity contribution in [2.24, 2.45) is 11.3 Å². The molecular weight excluding hydrogens is 118 g/mol. The van der Waals surface area contributed by atoms with E-state index in [4.69, 9.17) is 10.4 Å². The normalized spacial score (nSPS) is 39.3. The van der Waals surface area contributed by atoms with Gasteiger partial charge in [-0.25, -0.2) is 0 Å². The van der Waals surface area contributed by atoms with Gasteiger partial charge in [0.15, 0.2) is 5.41 Å². The molecule has 1 fully saturated rings. The van der Waals surface area contributed by atoms with Crippen LogP contribution in [-0.2, 0) is 4.79 Å². The van der Waals surface area contributed by atoms with Crippen LogP contribution in [0.5, 0.6) is 0 Å². The highest BCUT2D eigenvalue weighted by Crippen LogP contribution is 2.51. The Bertz CT molecular complexity index is 194. The Kier molecular flexibility index (Phi) is 0.995. The molecule has 0 saturated heterocycles. The lowest BCUT2D eigenvalue weighted by molar-refractivity contribution is -0.141. The van der Waals surface area contributed by atoms with Crippen LogP contribution in [0.25, 0.3) is 0 Å². The van der Waals surface area contributed by atoms with Gasteiger partial charge < -0.3 is 5.11 Å². The summed E-state index contributed by atoms with van der Waals surface area (Å²) >= 11 is 0. The zero-order valence-corrected chi connectivity index (χ0v) is 5.09. The molecule has 3 heteroatoms. The molecule has 0 radical (unpaired) electrons. The molecule has 9 heavy (non-hydrogen) atoms. The first-order chi connectivity index (χ1) is 4.13. The summed E-state index contributed by atoms with van der Waals surface area (Å²) in [5.41, 5.74) is -1.03. The molecule has 48 valence electrons. The summed E-state index contributed by atoms with van der Waals surface area (Å²) < 4.78 is 0. The first-order valence-corrected chi connectivity index (χ1v) is 2.78. The van der Waals surface area contributed by atoms with Crippen molar-refractivity contribution in [1.29, 1.82) is 5.26 Å². The van der Waals surface area contributed by atoms with Gasteiger partial charge >= 0.3 is 5.97 Å². The van der Waals surface area contributed by atoms with Crippen LogP contribution < -0.4 is 0 Å². The summed E-state index contributed by atoms with van der Waals surface area (Å²) in [4.78, 5) is 10.3. The van der Waals surface area contributed by atoms with Crippen molar-refractivity contribution in [1.82, 2.24) is 0 Å². The van der Waals surface area contributed by atoms with Gasteiger partial charge in [0.25, 0.3) is 0 Å². The second-order valence-corrected chi connectivity index (χ2v) is 2.49. The molecular formula is C6H7NO2. The Morgan fingerprint density at radius 3 is 2.44 bits per heavy atom. The van der Waals surface area contributed by atoms with Gasteiger partial charge in [-0.1, -0.05) is 6.92 Å². The molecule has 0 heterocycles. The first-order valence-electron chi connectivity index (χ1n) is 2.78. The van der Waals surface area contributed by atoms with Crippen LogP contribution in [-0.4, -0.2) is 11.1 Å². The molecule has 1 rings (SSSR count). The van der Waals surface area contributed by atoms with Gasteiger partial charge in [-0.2, -0.15) is 5.26 Å². The predicted octanol–water partition coefficient (Wildman–Crippen LogP) is 0.621. The zero-order valence-electron chi connectivity index (χ0n) is 5.09. The highest BCUT2D eigenvalue weighted by Gasteiger charge is 2.58. The average molecular weight is 125 g/mol. The second-order valence-electron chi connectivity index (χ2n) is 2.49. The van der Waals surface area contributed by atoms with E-state index in [1.54, 1.807) is 13.0 Å². The average Bonchev–Trinajstić information content (AvgIpc) is 2.43. The van der Waals surface area contributed by atoms with Gasteiger partial charge in [-0.05, 0) is 12.3 Å². The van der Waals surface area contributed by atoms with E-state index in [-0.39, 0.29) is 5.92 Å². The third-order valence-corrected chi connectivity index (χ3v) is 1.89. The predicted molar refractivity (Wildman–Crippen MR) is 29.5 cm³/mol. The lowest BCUT2D eigenvalue weighted by atomic mass is 10.1. The van der Waals surface area contributed by atoms with Crippen LogP contribution in [0.1, 0.15) is 13.3 Å². The van der Waals surface area contributed by atoms with Gasteiger partial charge in [0, 0.05) is 0 Å². The van der Waals surface area contributed by atoms with Gasteiger partial charge in [-0.15, -0.1) is 0 Å². The minimum absolute atomic E-state index is 0.0417. The number of nitriles is 1. The fraction of sp³-hybridized carbons (Fsp3) is 0.667. The van der Waals surface area contributed by atoms with Crippen LogP contribution in [0.2, 0.25) is 0 Å². The van der Waals surface area contributed by atoms with Gasteiger partial charge in [0.1, 0.15) is 0 Å². The Hall–Kier alpha value is -1.04. The van der Waals surface area contributed by atoms with Crippen molar-refractivity contribution in [3.8, 4) is 6.07 Å². The number of hydrogen-bond acceptors (Lipinski definition) is 2. The molecule has 0 aliphatic heterocycles. The standard InChI is InChI=1S/C6H7NO2/c1-4-2-6(4,3-7)5(8)9/h4H,2H2,1H3,(H,8,9). The molecule has 0 aromatic carbocycles. The first kappa shape index (κ1) is 6.09. The zero-order chi connectivity index (χ0) is 7.07. The number of rotatable bonds is 1. The molecule has 0 spiro atoms. The Morgan fingerprint density at radius 1 is 2.00 bits per heavy atom. The van der Waals surface area contributed by atoms with Gasteiger partial charge in [0.05, 0.1) is 6.07 Å². The summed E-state index contributed by atoms with van der Waals surface area (Å²) in [5, 5.41) is 16.8. The number of nitrogens with zero attached hydrogens (tertiary/aromatic N) is 1. The lowest BCUT2D eigenvalue weighted by Crippen LogP contribution is -2.13. The molecule has 2 unspecified atom stereocenters. The fourth-order valence-electron chi connectivity index (χ4n) is 0.926. The minimum Gasteiger partial charge on any atom is -0.480 e. The van der Waals surface area contributed by atoms with Crippen LogP contribution in [0.4, 0.5) is 0 Å². The van der Waals surface area contributed by atoms with Gasteiger partial charge in [0.2, 0.25) is 0 Å². The minimum atomic E-state index is -1.03. The summed E-state index contributed by atoms with van der Waals surface area (Å²) in [7, 11) is 0. The quantitative estimate of drug-likeness (QED) is 0.558. The number of carboxylic acids is 1. The van der Waals surface area contributed by atoms with Crippen molar-refractivity contribution < 1.29 is 9.90 Å². The largest absolute Gasteiger partial charge is 0.480 e. The molecule has 1 aliphatic carbocycles. The van der Waals surface area contributed by atoms with Crippen molar-refractivity contribution >= 4 is 5.97 Å². The van der Waals surface area contributed by atoms with Crippen LogP contribution in [0.3, 0.4) is 0 Å². The van der Waals surface area contributed by atoms with Crippen molar-refractivity contribution in [3.63, 3.8) is 0 Å². The van der Waals surface area contributed by atoms with E-state index in [0.717, 1.165) is 0 Å². The van der Waals surface area contributed by atoms with Crippen molar-refractivity contribution in [2.75, 3.05) is 0 Å². The smallest absolute Gasteiger partial charge is 0.324 e. The third-order valence-electron chi connectivity index (χ3n) is 1.89. The second kappa shape index (κ2) is 1.47. The van der Waals surface area contributed by atoms with E-state index in [0.29, 0.717) is 6.42 Å². The maximum atomic E-state index is 10.3. The summed E-state index contributed by atoms with van der Waals surface area (Å²) in [6.45, 7) is 1.78. The Balaban J connectivity index is 2.77. The maximum absolute atomic E-state index is 10.3. The highest BCUT2D eigenvalue weighted by molar-refractivity contribution is 5.82. The number of hydrogen-bond donors (Lipinski definition) is 1. The Morgan fingerprint density at radius 2 is 2.44 bits per heavy atom. The highest BCUT2D eigenvalue weighted by atomic mass is 16.4. The van der Waals surface area contributed by atoms with E-state index in [9.17, 15) is 4.79 Å². The van der Waals surface area contributed by atoms with Crippen LogP contribution in [0, 0.1) is 22.7 Å². The monoisotopic (exact) mass is 125 g/mol. The molecule has 1 N–H and O–H groups in total. The van der Waals surface area contributed by atoms with E-state index < -0.39 is 11.4 Å². The Labute approximate surface area is 52.9 Å². The molecule has 0 bridgehead atoms. The molecule has 0 aromatic heterocycles. The van der Waals surface area contributed by atoms with E-state index in [1.807, 2.05) is 0 Å². The van der Waals surface area contributed by atoms with E-state index in [2.05, 4.69) is 0 Å². The van der Waals surface area contributed by atoms with Crippen molar-refractivity contribution in [2.45, 2.75) is 13.3 Å². The summed E-state index contributed by atoms with van der Waals surface area (Å²) in [5.74, 6) is -0.933. The lowest BCUT2D eigenvalue weighted by Gasteiger charge is -1.94. The van der Waals surface area contributed by atoms with Crippen molar-refractivity contribution in [3.05, 3.63) is 0 Å². The molecule has 0 aromatic rings. The van der Waals surface area contributed by atoms with E-state index >= 15 is 0 Å². The van der Waals surface area contributed by atoms with E-state index in [1.165, 1.54) is 0 Å². The molecule has 1 aliphatic rings. The third kappa shape index (κ3) is 0.595.